The van der Waals surface area contributed by atoms with Gasteiger partial charge in [0.1, 0.15) is 5.75 Å². The molecule has 1 aromatic carbocycles. The van der Waals surface area contributed by atoms with Crippen LogP contribution in [0.2, 0.25) is 0 Å². The first kappa shape index (κ1) is 28.0. The summed E-state index contributed by atoms with van der Waals surface area (Å²) in [6, 6.07) is 8.04. The second kappa shape index (κ2) is 12.2. The van der Waals surface area contributed by atoms with Gasteiger partial charge >= 0.3 is 0 Å². The topological polar surface area (TPSA) is 62.1 Å². The number of fused-ring (bicyclic) bond motifs is 1. The van der Waals surface area contributed by atoms with Crippen molar-refractivity contribution in [1.82, 2.24) is 9.61 Å². The van der Waals surface area contributed by atoms with E-state index in [-0.39, 0.29) is 17.8 Å². The van der Waals surface area contributed by atoms with Crippen LogP contribution >= 0.6 is 0 Å². The van der Waals surface area contributed by atoms with Crippen LogP contribution in [0.3, 0.4) is 0 Å². The Balaban J connectivity index is 1.69. The van der Waals surface area contributed by atoms with Gasteiger partial charge in [-0.1, -0.05) is 45.8 Å². The summed E-state index contributed by atoms with van der Waals surface area (Å²) >= 11 is 0. The molecule has 1 aliphatic carbocycles. The maximum absolute atomic E-state index is 13.7. The Bertz CT molecular complexity index is 1280. The number of rotatable bonds is 15. The predicted octanol–water partition coefficient (Wildman–Crippen LogP) is 6.74. The minimum atomic E-state index is -1.55. The molecule has 38 heavy (non-hydrogen) atoms. The molecule has 1 aliphatic rings. The van der Waals surface area contributed by atoms with Gasteiger partial charge in [-0.3, -0.25) is 4.79 Å². The lowest BCUT2D eigenvalue weighted by atomic mass is 9.86. The molecule has 0 bridgehead atoms. The summed E-state index contributed by atoms with van der Waals surface area (Å²) in [7, 11) is 3.28. The zero-order valence-electron chi connectivity index (χ0n) is 23.0. The van der Waals surface area contributed by atoms with Crippen LogP contribution in [0.5, 0.6) is 5.75 Å². The number of ether oxygens (including phenoxy) is 3. The molecule has 0 amide bonds. The van der Waals surface area contributed by atoms with Crippen LogP contribution in [-0.2, 0) is 21.3 Å². The Morgan fingerprint density at radius 3 is 2.76 bits per heavy atom. The lowest BCUT2D eigenvalue weighted by Crippen LogP contribution is -2.24. The number of Topliss-reactive ketones (excluding diaryl/α,β-unsaturated/α-hetero) is 1. The smallest absolute Gasteiger partial charge is 0.217 e. The Labute approximate surface area is 224 Å². The molecule has 0 aliphatic heterocycles. The van der Waals surface area contributed by atoms with Gasteiger partial charge in [0, 0.05) is 30.7 Å². The van der Waals surface area contributed by atoms with Crippen molar-refractivity contribution in [2.75, 3.05) is 27.4 Å². The highest BCUT2D eigenvalue weighted by molar-refractivity contribution is 6.01. The Morgan fingerprint density at radius 1 is 1.29 bits per heavy atom. The van der Waals surface area contributed by atoms with E-state index in [0.29, 0.717) is 30.8 Å². The van der Waals surface area contributed by atoms with Crippen LogP contribution < -0.4 is 4.74 Å². The predicted molar refractivity (Wildman–Crippen MR) is 148 cm³/mol. The van der Waals surface area contributed by atoms with Crippen LogP contribution in [0.1, 0.15) is 67.4 Å². The molecule has 0 saturated heterocycles. The van der Waals surface area contributed by atoms with Crippen molar-refractivity contribution in [3.05, 3.63) is 66.0 Å². The molecule has 3 aromatic rings. The maximum Gasteiger partial charge on any atom is 0.217 e. The van der Waals surface area contributed by atoms with Crippen LogP contribution in [0, 0.1) is 5.92 Å². The summed E-state index contributed by atoms with van der Waals surface area (Å²) < 4.78 is 31.9. The fraction of sp³-hybridized carbons (Fsp3) is 0.484. The van der Waals surface area contributed by atoms with E-state index in [0.717, 1.165) is 52.6 Å². The van der Waals surface area contributed by atoms with Crippen molar-refractivity contribution in [2.45, 2.75) is 64.1 Å². The summed E-state index contributed by atoms with van der Waals surface area (Å²) in [4.78, 5) is 13.4. The van der Waals surface area contributed by atoms with Crippen molar-refractivity contribution in [2.24, 2.45) is 5.92 Å². The van der Waals surface area contributed by atoms with E-state index in [9.17, 15) is 9.18 Å². The first-order valence-electron chi connectivity index (χ1n) is 13.4. The molecule has 7 heteroatoms. The van der Waals surface area contributed by atoms with E-state index in [1.165, 1.54) is 12.8 Å². The van der Waals surface area contributed by atoms with Gasteiger partial charge in [-0.2, -0.15) is 5.10 Å². The SMILES string of the molecule is C=CC(F)OCCc1cc(-c2cnn3cc(C(C)(C)COC)ccc23)cc(OC)c1C(=O)CCCC1CC1. The summed E-state index contributed by atoms with van der Waals surface area (Å²) in [5.41, 5.74) is 5.04. The van der Waals surface area contributed by atoms with Gasteiger partial charge in [0.25, 0.3) is 0 Å². The highest BCUT2D eigenvalue weighted by atomic mass is 19.1. The third kappa shape index (κ3) is 6.51. The van der Waals surface area contributed by atoms with Crippen molar-refractivity contribution in [3.63, 3.8) is 0 Å². The van der Waals surface area contributed by atoms with Crippen LogP contribution in [0.25, 0.3) is 16.6 Å². The number of benzene rings is 1. The van der Waals surface area contributed by atoms with Gasteiger partial charge in [0.15, 0.2) is 5.78 Å². The van der Waals surface area contributed by atoms with E-state index in [1.807, 2.05) is 29.0 Å². The largest absolute Gasteiger partial charge is 0.496 e. The highest BCUT2D eigenvalue weighted by Crippen LogP contribution is 2.37. The third-order valence-electron chi connectivity index (χ3n) is 7.34. The molecule has 0 spiro atoms. The molecule has 0 N–H and O–H groups in total. The molecule has 1 fully saturated rings. The molecule has 2 aromatic heterocycles. The molecule has 204 valence electrons. The minimum absolute atomic E-state index is 0.0504. The molecule has 6 nitrogen and oxygen atoms in total. The summed E-state index contributed by atoms with van der Waals surface area (Å²) in [6.45, 7) is 8.41. The second-order valence-electron chi connectivity index (χ2n) is 10.8. The first-order chi connectivity index (χ1) is 18.3. The van der Waals surface area contributed by atoms with E-state index in [1.54, 1.807) is 14.2 Å². The number of alkyl halides is 1. The zero-order chi connectivity index (χ0) is 27.3. The molecule has 4 rings (SSSR count). The van der Waals surface area contributed by atoms with Crippen molar-refractivity contribution in [1.29, 1.82) is 0 Å². The maximum atomic E-state index is 13.7. The Kier molecular flexibility index (Phi) is 9.00. The highest BCUT2D eigenvalue weighted by Gasteiger charge is 2.25. The molecule has 2 heterocycles. The summed E-state index contributed by atoms with van der Waals surface area (Å²) in [5.74, 6) is 1.35. The molecular weight excluding hydrogens is 483 g/mol. The number of hydrogen-bond acceptors (Lipinski definition) is 5. The zero-order valence-corrected chi connectivity index (χ0v) is 23.0. The molecular formula is C31H39FN2O4. The number of nitrogens with zero attached hydrogens (tertiary/aromatic N) is 2. The molecule has 1 saturated carbocycles. The molecule has 0 radical (unpaired) electrons. The fourth-order valence-electron chi connectivity index (χ4n) is 4.99. The lowest BCUT2D eigenvalue weighted by Gasteiger charge is -2.24. The Morgan fingerprint density at radius 2 is 2.08 bits per heavy atom. The van der Waals surface area contributed by atoms with E-state index in [4.69, 9.17) is 14.2 Å². The van der Waals surface area contributed by atoms with Crippen LogP contribution in [-0.4, -0.2) is 49.2 Å². The quantitative estimate of drug-likeness (QED) is 0.163. The first-order valence-corrected chi connectivity index (χ1v) is 13.4. The summed E-state index contributed by atoms with van der Waals surface area (Å²) in [5, 5.41) is 4.61. The van der Waals surface area contributed by atoms with E-state index >= 15 is 0 Å². The van der Waals surface area contributed by atoms with Gasteiger partial charge in [-0.25, -0.2) is 8.91 Å². The van der Waals surface area contributed by atoms with Gasteiger partial charge in [-0.15, -0.1) is 0 Å². The van der Waals surface area contributed by atoms with Gasteiger partial charge in [-0.05, 0) is 59.7 Å². The molecule has 1 unspecified atom stereocenters. The van der Waals surface area contributed by atoms with Gasteiger partial charge < -0.3 is 14.2 Å². The monoisotopic (exact) mass is 522 g/mol. The molecule has 1 atom stereocenters. The number of carbonyl (C=O) groups is 1. The number of ketones is 1. The number of aromatic nitrogens is 2. The number of pyridine rings is 1. The van der Waals surface area contributed by atoms with Crippen LogP contribution in [0.15, 0.2) is 49.3 Å². The number of carbonyl (C=O) groups excluding carboxylic acids is 1. The van der Waals surface area contributed by atoms with Gasteiger partial charge in [0.05, 0.1) is 37.6 Å². The average molecular weight is 523 g/mol. The van der Waals surface area contributed by atoms with Crippen LogP contribution in [0.4, 0.5) is 4.39 Å². The number of methoxy groups -OCH3 is 2. The van der Waals surface area contributed by atoms with Crippen molar-refractivity contribution < 1.29 is 23.4 Å². The lowest BCUT2D eigenvalue weighted by molar-refractivity contribution is -0.00117. The minimum Gasteiger partial charge on any atom is -0.496 e. The summed E-state index contributed by atoms with van der Waals surface area (Å²) in [6.07, 6.45) is 8.74. The Hall–Kier alpha value is -3.03. The standard InChI is InChI=1S/C31H39FN2O4/c1-6-29(32)38-15-14-22-16-23(17-28(37-5)30(22)27(35)9-7-8-21-10-11-21)25-18-33-34-19-24(12-13-26(25)34)31(2,3)20-36-4/h6,12-13,16-19,21,29H,1,7-11,14-15,20H2,2-5H3. The fourth-order valence-corrected chi connectivity index (χ4v) is 4.99. The average Bonchev–Trinajstić information content (AvgIpc) is 3.63. The third-order valence-corrected chi connectivity index (χ3v) is 7.34. The van der Waals surface area contributed by atoms with Crippen molar-refractivity contribution in [3.8, 4) is 16.9 Å². The number of hydrogen-bond donors (Lipinski definition) is 0. The number of halogens is 1. The second-order valence-corrected chi connectivity index (χ2v) is 10.8. The van der Waals surface area contributed by atoms with Crippen molar-refractivity contribution >= 4 is 11.3 Å². The normalized spacial score (nSPS) is 14.6. The van der Waals surface area contributed by atoms with E-state index in [2.05, 4.69) is 37.7 Å². The van der Waals surface area contributed by atoms with Gasteiger partial charge in [0.2, 0.25) is 6.36 Å². The van der Waals surface area contributed by atoms with E-state index < -0.39 is 6.36 Å².